The van der Waals surface area contributed by atoms with E-state index in [9.17, 15) is 0 Å². The Morgan fingerprint density at radius 2 is 1.90 bits per heavy atom. The SMILES string of the molecule is C[Si](C)(C)Oc1ccccc1CCCC1=[C-]CC=C1.[Ti]. The smallest absolute Gasteiger partial charge is 0.242 e. The average Bonchev–Trinajstić information content (AvgIpc) is 2.82. The summed E-state index contributed by atoms with van der Waals surface area (Å²) in [5.74, 6) is 1.08. The number of benzene rings is 1. The molecule has 1 aromatic carbocycles. The first-order valence-electron chi connectivity index (χ1n) is 7.08. The number of aryl methyl sites for hydroxylation is 1. The first-order chi connectivity index (χ1) is 9.04. The molecule has 0 saturated heterocycles. The van der Waals surface area contributed by atoms with Crippen molar-refractivity contribution in [3.8, 4) is 5.75 Å². The van der Waals surface area contributed by atoms with Gasteiger partial charge in [-0.2, -0.15) is 6.08 Å². The van der Waals surface area contributed by atoms with Crippen LogP contribution >= 0.6 is 0 Å². The molecule has 1 aliphatic rings. The first kappa shape index (κ1) is 17.5. The van der Waals surface area contributed by atoms with Gasteiger partial charge in [-0.1, -0.05) is 24.6 Å². The van der Waals surface area contributed by atoms with Gasteiger partial charge in [0.1, 0.15) is 5.75 Å². The minimum Gasteiger partial charge on any atom is -0.544 e. The molecule has 106 valence electrons. The minimum absolute atomic E-state index is 0. The van der Waals surface area contributed by atoms with Gasteiger partial charge in [0.05, 0.1) is 0 Å². The quantitative estimate of drug-likeness (QED) is 0.535. The van der Waals surface area contributed by atoms with E-state index in [0.29, 0.717) is 0 Å². The van der Waals surface area contributed by atoms with Crippen molar-refractivity contribution in [2.75, 3.05) is 0 Å². The normalized spacial score (nSPS) is 13.8. The Kier molecular flexibility index (Phi) is 7.01. The maximum Gasteiger partial charge on any atom is 0.242 e. The van der Waals surface area contributed by atoms with Gasteiger partial charge in [-0.05, 0) is 44.1 Å². The Balaban J connectivity index is 0.00000200. The predicted octanol–water partition coefficient (Wildman–Crippen LogP) is 4.91. The van der Waals surface area contributed by atoms with Gasteiger partial charge in [0.15, 0.2) is 0 Å². The topological polar surface area (TPSA) is 9.23 Å². The first-order valence-corrected chi connectivity index (χ1v) is 10.5. The molecule has 0 saturated carbocycles. The standard InChI is InChI=1S/C17H23OSi.Ti/c1-19(2,3)18-17-14-7-6-12-16(17)13-8-11-15-9-4-5-10-15;/h4,6-7,9,12,14H,5,8,11,13H2,1-3H3;/q-1;. The average molecular weight is 319 g/mol. The zero-order valence-electron chi connectivity index (χ0n) is 12.7. The minimum atomic E-state index is -1.52. The molecule has 3 heteroatoms. The number of hydrogen-bond donors (Lipinski definition) is 0. The monoisotopic (exact) mass is 319 g/mol. The van der Waals surface area contributed by atoms with E-state index in [-0.39, 0.29) is 21.7 Å². The summed E-state index contributed by atoms with van der Waals surface area (Å²) in [5, 5.41) is 0. The molecular weight excluding hydrogens is 296 g/mol. The Bertz CT molecular complexity index is 486. The molecule has 2 rings (SSSR count). The largest absolute Gasteiger partial charge is 0.544 e. The molecule has 1 aromatic rings. The van der Waals surface area contributed by atoms with Crippen molar-refractivity contribution in [2.45, 2.75) is 45.3 Å². The van der Waals surface area contributed by atoms with E-state index in [1.807, 2.05) is 0 Å². The van der Waals surface area contributed by atoms with Gasteiger partial charge in [0.2, 0.25) is 8.32 Å². The van der Waals surface area contributed by atoms with Crippen molar-refractivity contribution in [1.29, 1.82) is 0 Å². The number of rotatable bonds is 6. The summed E-state index contributed by atoms with van der Waals surface area (Å²) in [6.07, 6.45) is 12.1. The fraction of sp³-hybridized carbons (Fsp3) is 0.412. The Hall–Kier alpha value is -0.569. The molecule has 0 aliphatic heterocycles. The fourth-order valence-electron chi connectivity index (χ4n) is 2.23. The summed E-state index contributed by atoms with van der Waals surface area (Å²) in [6, 6.07) is 8.47. The van der Waals surface area contributed by atoms with E-state index in [1.54, 1.807) is 0 Å². The van der Waals surface area contributed by atoms with Crippen molar-refractivity contribution in [2.24, 2.45) is 0 Å². The van der Waals surface area contributed by atoms with Crippen LogP contribution in [-0.2, 0) is 28.1 Å². The van der Waals surface area contributed by atoms with Crippen LogP contribution in [0.4, 0.5) is 0 Å². The predicted molar refractivity (Wildman–Crippen MR) is 83.9 cm³/mol. The second-order valence-electron chi connectivity index (χ2n) is 5.98. The molecule has 0 radical (unpaired) electrons. The molecule has 20 heavy (non-hydrogen) atoms. The summed E-state index contributed by atoms with van der Waals surface area (Å²) >= 11 is 0. The summed E-state index contributed by atoms with van der Waals surface area (Å²) in [5.41, 5.74) is 2.70. The van der Waals surface area contributed by atoms with Gasteiger partial charge < -0.3 is 4.43 Å². The summed E-state index contributed by atoms with van der Waals surface area (Å²) in [4.78, 5) is 0. The van der Waals surface area contributed by atoms with Crippen LogP contribution in [0.1, 0.15) is 24.8 Å². The van der Waals surface area contributed by atoms with Crippen LogP contribution < -0.4 is 4.43 Å². The van der Waals surface area contributed by atoms with E-state index in [2.05, 4.69) is 62.1 Å². The second-order valence-corrected chi connectivity index (χ2v) is 10.4. The molecule has 0 spiro atoms. The van der Waals surface area contributed by atoms with Crippen LogP contribution in [0.5, 0.6) is 5.75 Å². The van der Waals surface area contributed by atoms with Crippen molar-refractivity contribution in [1.82, 2.24) is 0 Å². The van der Waals surface area contributed by atoms with Crippen LogP contribution in [0.25, 0.3) is 0 Å². The molecule has 0 aromatic heterocycles. The third-order valence-electron chi connectivity index (χ3n) is 3.05. The van der Waals surface area contributed by atoms with Gasteiger partial charge in [0, 0.05) is 21.7 Å². The molecule has 0 heterocycles. The van der Waals surface area contributed by atoms with E-state index >= 15 is 0 Å². The maximum atomic E-state index is 6.16. The van der Waals surface area contributed by atoms with Gasteiger partial charge in [-0.15, -0.1) is 6.42 Å². The molecule has 0 amide bonds. The van der Waals surface area contributed by atoms with Crippen LogP contribution in [0, 0.1) is 6.08 Å². The molecule has 1 nitrogen and oxygen atoms in total. The van der Waals surface area contributed by atoms with E-state index in [1.165, 1.54) is 17.6 Å². The Morgan fingerprint density at radius 1 is 1.15 bits per heavy atom. The molecule has 0 atom stereocenters. The Labute approximate surface area is 139 Å². The fourth-order valence-corrected chi connectivity index (χ4v) is 3.09. The van der Waals surface area contributed by atoms with Crippen LogP contribution in [0.3, 0.4) is 0 Å². The van der Waals surface area contributed by atoms with Crippen molar-refractivity contribution in [3.63, 3.8) is 0 Å². The molecule has 0 bridgehead atoms. The third-order valence-corrected chi connectivity index (χ3v) is 3.88. The van der Waals surface area contributed by atoms with E-state index in [0.717, 1.165) is 25.0 Å². The van der Waals surface area contributed by atoms with Crippen LogP contribution in [0.15, 0.2) is 42.0 Å². The number of allylic oxidation sites excluding steroid dienone is 4. The van der Waals surface area contributed by atoms with Crippen molar-refractivity contribution < 1.29 is 26.1 Å². The van der Waals surface area contributed by atoms with Crippen molar-refractivity contribution in [3.05, 3.63) is 53.6 Å². The Morgan fingerprint density at radius 3 is 2.55 bits per heavy atom. The number of para-hydroxylation sites is 1. The van der Waals surface area contributed by atoms with Gasteiger partial charge in [-0.3, -0.25) is 6.08 Å². The van der Waals surface area contributed by atoms with E-state index < -0.39 is 8.32 Å². The molecule has 1 aliphatic carbocycles. The molecule has 0 fully saturated rings. The van der Waals surface area contributed by atoms with Gasteiger partial charge in [0.25, 0.3) is 0 Å². The second kappa shape index (κ2) is 8.02. The molecule has 0 N–H and O–H groups in total. The third kappa shape index (κ3) is 5.82. The van der Waals surface area contributed by atoms with E-state index in [4.69, 9.17) is 4.43 Å². The van der Waals surface area contributed by atoms with Gasteiger partial charge in [-0.25, -0.2) is 11.6 Å². The zero-order valence-corrected chi connectivity index (χ0v) is 15.3. The number of hydrogen-bond acceptors (Lipinski definition) is 1. The molecular formula is C17H23OSiTi-. The summed E-state index contributed by atoms with van der Waals surface area (Å²) in [7, 11) is -1.52. The summed E-state index contributed by atoms with van der Waals surface area (Å²) in [6.45, 7) is 6.69. The van der Waals surface area contributed by atoms with Crippen LogP contribution in [0.2, 0.25) is 19.6 Å². The summed E-state index contributed by atoms with van der Waals surface area (Å²) < 4.78 is 6.16. The van der Waals surface area contributed by atoms with Crippen LogP contribution in [-0.4, -0.2) is 8.32 Å². The van der Waals surface area contributed by atoms with Crippen molar-refractivity contribution >= 4 is 8.32 Å². The molecule has 0 unspecified atom stereocenters. The zero-order chi connectivity index (χ0) is 13.7. The van der Waals surface area contributed by atoms with Gasteiger partial charge >= 0.3 is 0 Å². The maximum absolute atomic E-state index is 6.16.